The summed E-state index contributed by atoms with van der Waals surface area (Å²) < 4.78 is 29.7. The van der Waals surface area contributed by atoms with Crippen molar-refractivity contribution >= 4 is 0 Å². The fraction of sp³-hybridized carbons (Fsp3) is 0.857. The molecule has 0 aromatic carbocycles. The second kappa shape index (κ2) is 8.16. The van der Waals surface area contributed by atoms with E-state index in [2.05, 4.69) is 36.2 Å². The summed E-state index contributed by atoms with van der Waals surface area (Å²) >= 11 is 0. The average Bonchev–Trinajstić information content (AvgIpc) is 3.11. The van der Waals surface area contributed by atoms with Gasteiger partial charge in [-0.2, -0.15) is 5.10 Å². The van der Waals surface area contributed by atoms with Crippen molar-refractivity contribution in [3.05, 3.63) is 17.0 Å². The first-order chi connectivity index (χ1) is 12.8. The first kappa shape index (κ1) is 20.7. The number of fused-ring (bicyclic) bond motifs is 1. The van der Waals surface area contributed by atoms with Crippen LogP contribution in [0, 0.1) is 5.41 Å². The molecule has 1 aliphatic carbocycles. The van der Waals surface area contributed by atoms with E-state index in [-0.39, 0.29) is 13.0 Å². The van der Waals surface area contributed by atoms with Gasteiger partial charge in [-0.05, 0) is 51.1 Å². The quantitative estimate of drug-likeness (QED) is 0.732. The first-order valence-electron chi connectivity index (χ1n) is 10.6. The molecule has 0 amide bonds. The predicted molar refractivity (Wildman–Crippen MR) is 105 cm³/mol. The molecule has 0 bridgehead atoms. The molecule has 2 heterocycles. The third-order valence-corrected chi connectivity index (χ3v) is 7.10. The molecule has 1 aromatic rings. The van der Waals surface area contributed by atoms with E-state index in [9.17, 15) is 8.78 Å². The molecular formula is C21H36F2N4. The minimum Gasteiger partial charge on any atom is -0.318 e. The molecule has 1 N–H and O–H groups in total. The van der Waals surface area contributed by atoms with Crippen molar-refractivity contribution in [2.75, 3.05) is 27.2 Å². The number of hydrogen-bond acceptors (Lipinski definition) is 3. The molecule has 1 aromatic heterocycles. The van der Waals surface area contributed by atoms with Crippen LogP contribution in [-0.2, 0) is 19.5 Å². The van der Waals surface area contributed by atoms with Gasteiger partial charge in [-0.3, -0.25) is 9.58 Å². The number of alkyl halides is 2. The monoisotopic (exact) mass is 382 g/mol. The highest BCUT2D eigenvalue weighted by molar-refractivity contribution is 5.34. The van der Waals surface area contributed by atoms with Gasteiger partial charge in [-0.1, -0.05) is 26.7 Å². The fourth-order valence-electron chi connectivity index (χ4n) is 5.10. The Morgan fingerprint density at radius 3 is 2.48 bits per heavy atom. The maximum atomic E-state index is 14.0. The van der Waals surface area contributed by atoms with E-state index in [0.29, 0.717) is 11.3 Å². The Balaban J connectivity index is 1.82. The zero-order valence-corrected chi connectivity index (χ0v) is 17.5. The first-order valence-corrected chi connectivity index (χ1v) is 10.6. The van der Waals surface area contributed by atoms with Crippen LogP contribution in [0.4, 0.5) is 8.78 Å². The Labute approximate surface area is 162 Å². The van der Waals surface area contributed by atoms with Crippen LogP contribution in [0.5, 0.6) is 0 Å². The van der Waals surface area contributed by atoms with Crippen molar-refractivity contribution in [3.63, 3.8) is 0 Å². The maximum absolute atomic E-state index is 14.0. The van der Waals surface area contributed by atoms with Gasteiger partial charge in [0.05, 0.1) is 12.1 Å². The lowest BCUT2D eigenvalue weighted by atomic mass is 9.66. The highest BCUT2D eigenvalue weighted by Gasteiger charge is 2.43. The van der Waals surface area contributed by atoms with Crippen molar-refractivity contribution < 1.29 is 8.78 Å². The SMILES string of the molecule is CCC1(CC)CCC(c2c(CN(C)CCNC)nn3c2CC(F)(F)C3)CC1. The predicted octanol–water partition coefficient (Wildman–Crippen LogP) is 4.19. The number of likely N-dealkylation sites (N-methyl/N-ethyl adjacent to an activating group) is 2. The molecule has 3 rings (SSSR count). The molecule has 2 aliphatic rings. The summed E-state index contributed by atoms with van der Waals surface area (Å²) in [6.07, 6.45) is 6.94. The summed E-state index contributed by atoms with van der Waals surface area (Å²) in [5.74, 6) is -2.25. The summed E-state index contributed by atoms with van der Waals surface area (Å²) in [7, 11) is 4.03. The van der Waals surface area contributed by atoms with Crippen LogP contribution < -0.4 is 5.32 Å². The third-order valence-electron chi connectivity index (χ3n) is 7.10. The highest BCUT2D eigenvalue weighted by Crippen LogP contribution is 2.49. The summed E-state index contributed by atoms with van der Waals surface area (Å²) in [6.45, 7) is 6.92. The Kier molecular flexibility index (Phi) is 6.26. The largest absolute Gasteiger partial charge is 0.318 e. The molecule has 154 valence electrons. The molecule has 1 aliphatic heterocycles. The minimum atomic E-state index is -2.64. The Morgan fingerprint density at radius 2 is 1.89 bits per heavy atom. The summed E-state index contributed by atoms with van der Waals surface area (Å²) in [5.41, 5.74) is 3.46. The van der Waals surface area contributed by atoms with E-state index in [0.717, 1.165) is 49.4 Å². The van der Waals surface area contributed by atoms with Gasteiger partial charge in [-0.25, -0.2) is 8.78 Å². The number of rotatable bonds is 8. The molecule has 4 nitrogen and oxygen atoms in total. The Bertz CT molecular complexity index is 626. The lowest BCUT2D eigenvalue weighted by Gasteiger charge is -2.39. The van der Waals surface area contributed by atoms with E-state index >= 15 is 0 Å². The third kappa shape index (κ3) is 4.37. The zero-order valence-electron chi connectivity index (χ0n) is 17.5. The fourth-order valence-corrected chi connectivity index (χ4v) is 5.10. The molecule has 6 heteroatoms. The van der Waals surface area contributed by atoms with Gasteiger partial charge in [0.25, 0.3) is 5.92 Å². The van der Waals surface area contributed by atoms with Crippen LogP contribution >= 0.6 is 0 Å². The van der Waals surface area contributed by atoms with Crippen molar-refractivity contribution in [1.29, 1.82) is 0 Å². The van der Waals surface area contributed by atoms with Crippen LogP contribution in [0.3, 0.4) is 0 Å². The smallest absolute Gasteiger partial charge is 0.272 e. The van der Waals surface area contributed by atoms with Gasteiger partial charge in [0.1, 0.15) is 6.54 Å². The molecule has 1 saturated carbocycles. The summed E-state index contributed by atoms with van der Waals surface area (Å²) in [5, 5.41) is 7.83. The summed E-state index contributed by atoms with van der Waals surface area (Å²) in [6, 6.07) is 0. The Hall–Kier alpha value is -1.01. The standard InChI is InChI=1S/C21H36F2N4/c1-5-20(6-2)9-7-16(8-10-20)19-17(14-26(4)12-11-24-3)25-27-15-21(22,23)13-18(19)27/h16,24H,5-15H2,1-4H3. The van der Waals surface area contributed by atoms with Gasteiger partial charge >= 0.3 is 0 Å². The number of nitrogens with zero attached hydrogens (tertiary/aromatic N) is 3. The van der Waals surface area contributed by atoms with E-state index < -0.39 is 5.92 Å². The number of hydrogen-bond donors (Lipinski definition) is 1. The van der Waals surface area contributed by atoms with Gasteiger partial charge in [0.2, 0.25) is 0 Å². The second-order valence-electron chi connectivity index (χ2n) is 8.82. The molecule has 27 heavy (non-hydrogen) atoms. The average molecular weight is 383 g/mol. The van der Waals surface area contributed by atoms with Crippen molar-refractivity contribution in [1.82, 2.24) is 20.0 Å². The lowest BCUT2D eigenvalue weighted by molar-refractivity contribution is 0.000640. The topological polar surface area (TPSA) is 33.1 Å². The number of halogens is 2. The van der Waals surface area contributed by atoms with E-state index in [1.165, 1.54) is 25.7 Å². The van der Waals surface area contributed by atoms with E-state index in [4.69, 9.17) is 0 Å². The number of nitrogens with one attached hydrogen (secondary N) is 1. The zero-order chi connectivity index (χ0) is 19.7. The number of aromatic nitrogens is 2. The molecule has 0 saturated heterocycles. The molecule has 0 atom stereocenters. The van der Waals surface area contributed by atoms with Gasteiger partial charge < -0.3 is 5.32 Å². The normalized spacial score (nSPS) is 21.7. The lowest BCUT2D eigenvalue weighted by Crippen LogP contribution is -2.29. The second-order valence-corrected chi connectivity index (χ2v) is 8.82. The van der Waals surface area contributed by atoms with Crippen LogP contribution in [0.2, 0.25) is 0 Å². The van der Waals surface area contributed by atoms with Crippen LogP contribution in [0.25, 0.3) is 0 Å². The van der Waals surface area contributed by atoms with Crippen molar-refractivity contribution in [2.45, 2.75) is 83.7 Å². The van der Waals surface area contributed by atoms with E-state index in [1.54, 1.807) is 4.68 Å². The molecular weight excluding hydrogens is 346 g/mol. The Morgan fingerprint density at radius 1 is 1.22 bits per heavy atom. The maximum Gasteiger partial charge on any atom is 0.272 e. The van der Waals surface area contributed by atoms with E-state index in [1.807, 2.05) is 7.05 Å². The molecule has 1 fully saturated rings. The van der Waals surface area contributed by atoms with Gasteiger partial charge in [0.15, 0.2) is 0 Å². The van der Waals surface area contributed by atoms with Crippen LogP contribution in [0.1, 0.15) is 75.2 Å². The van der Waals surface area contributed by atoms with Gasteiger partial charge in [0, 0.05) is 30.9 Å². The summed E-state index contributed by atoms with van der Waals surface area (Å²) in [4.78, 5) is 2.24. The molecule has 0 unspecified atom stereocenters. The molecule has 0 spiro atoms. The highest BCUT2D eigenvalue weighted by atomic mass is 19.3. The van der Waals surface area contributed by atoms with Crippen LogP contribution in [0.15, 0.2) is 0 Å². The van der Waals surface area contributed by atoms with Crippen molar-refractivity contribution in [2.24, 2.45) is 5.41 Å². The van der Waals surface area contributed by atoms with Gasteiger partial charge in [-0.15, -0.1) is 0 Å². The minimum absolute atomic E-state index is 0.140. The van der Waals surface area contributed by atoms with Crippen LogP contribution in [-0.4, -0.2) is 47.8 Å². The molecule has 0 radical (unpaired) electrons. The van der Waals surface area contributed by atoms with Crippen molar-refractivity contribution in [3.8, 4) is 0 Å².